The van der Waals surface area contributed by atoms with Crippen LogP contribution in [-0.2, 0) is 0 Å². The van der Waals surface area contributed by atoms with E-state index in [9.17, 15) is 4.79 Å². The predicted octanol–water partition coefficient (Wildman–Crippen LogP) is 2.96. The van der Waals surface area contributed by atoms with Crippen LogP contribution < -0.4 is 4.90 Å². The van der Waals surface area contributed by atoms with E-state index in [0.29, 0.717) is 0 Å². The van der Waals surface area contributed by atoms with Crippen LogP contribution in [0.5, 0.6) is 0 Å². The van der Waals surface area contributed by atoms with Crippen LogP contribution in [0.3, 0.4) is 0 Å². The summed E-state index contributed by atoms with van der Waals surface area (Å²) in [6.45, 7) is 3.70. The molecular formula is C22H23N2OS+. The number of hydrogen-bond donors (Lipinski definition) is 1. The molecule has 132 valence electrons. The van der Waals surface area contributed by atoms with Crippen LogP contribution in [-0.4, -0.2) is 44.0 Å². The van der Waals surface area contributed by atoms with Crippen molar-refractivity contribution in [2.75, 3.05) is 33.2 Å². The van der Waals surface area contributed by atoms with Crippen molar-refractivity contribution in [3.05, 3.63) is 72.3 Å². The van der Waals surface area contributed by atoms with Gasteiger partial charge >= 0.3 is 0 Å². The van der Waals surface area contributed by atoms with Crippen LogP contribution in [0.2, 0.25) is 0 Å². The van der Waals surface area contributed by atoms with Crippen molar-refractivity contribution in [3.63, 3.8) is 0 Å². The molecule has 0 bridgehead atoms. The summed E-state index contributed by atoms with van der Waals surface area (Å²) in [5.41, 5.74) is 0.810. The number of piperazine rings is 1. The SMILES string of the molecule is C[NH+]1CCN(C(=O)c2ccccc2Sc2cccc3ccccc23)CC1. The number of rotatable bonds is 3. The molecule has 1 heterocycles. The van der Waals surface area contributed by atoms with Crippen molar-refractivity contribution in [1.29, 1.82) is 0 Å². The third-order valence-electron chi connectivity index (χ3n) is 4.99. The van der Waals surface area contributed by atoms with E-state index in [1.54, 1.807) is 11.8 Å². The number of fused-ring (bicyclic) bond motifs is 1. The summed E-state index contributed by atoms with van der Waals surface area (Å²) in [5.74, 6) is 0.154. The van der Waals surface area contributed by atoms with Crippen LogP contribution >= 0.6 is 11.8 Å². The smallest absolute Gasteiger partial charge is 0.255 e. The molecule has 0 saturated carbocycles. The van der Waals surface area contributed by atoms with Crippen LogP contribution in [0.15, 0.2) is 76.5 Å². The van der Waals surface area contributed by atoms with E-state index in [4.69, 9.17) is 0 Å². The van der Waals surface area contributed by atoms with Crippen LogP contribution in [0.25, 0.3) is 10.8 Å². The first kappa shape index (κ1) is 17.1. The molecule has 3 nitrogen and oxygen atoms in total. The summed E-state index contributed by atoms with van der Waals surface area (Å²) >= 11 is 1.68. The molecule has 3 aromatic rings. The molecule has 4 rings (SSSR count). The zero-order valence-corrected chi connectivity index (χ0v) is 15.8. The third kappa shape index (κ3) is 3.48. The minimum Gasteiger partial charge on any atom is -0.334 e. The molecule has 1 N–H and O–H groups in total. The summed E-state index contributed by atoms with van der Waals surface area (Å²) in [6, 6.07) is 22.7. The van der Waals surface area contributed by atoms with Gasteiger partial charge in [-0.2, -0.15) is 0 Å². The largest absolute Gasteiger partial charge is 0.334 e. The maximum Gasteiger partial charge on any atom is 0.255 e. The molecule has 0 aliphatic carbocycles. The molecule has 0 atom stereocenters. The zero-order chi connectivity index (χ0) is 17.9. The van der Waals surface area contributed by atoms with Gasteiger partial charge in [0.15, 0.2) is 0 Å². The number of likely N-dealkylation sites (N-methyl/N-ethyl adjacent to an activating group) is 1. The van der Waals surface area contributed by atoms with Crippen LogP contribution in [0.1, 0.15) is 10.4 Å². The molecule has 0 spiro atoms. The molecule has 3 aromatic carbocycles. The Balaban J connectivity index is 1.64. The molecule has 0 aromatic heterocycles. The zero-order valence-electron chi connectivity index (χ0n) is 14.9. The number of benzene rings is 3. The summed E-state index contributed by atoms with van der Waals surface area (Å²) in [6.07, 6.45) is 0. The number of carbonyl (C=O) groups excluding carboxylic acids is 1. The van der Waals surface area contributed by atoms with Crippen molar-refractivity contribution in [3.8, 4) is 0 Å². The molecule has 0 radical (unpaired) electrons. The Kier molecular flexibility index (Phi) is 4.96. The Morgan fingerprint density at radius 1 is 0.885 bits per heavy atom. The van der Waals surface area contributed by atoms with E-state index in [1.807, 2.05) is 23.1 Å². The lowest BCUT2D eigenvalue weighted by Crippen LogP contribution is -3.12. The van der Waals surface area contributed by atoms with E-state index in [2.05, 4.69) is 55.6 Å². The minimum atomic E-state index is 0.154. The second-order valence-electron chi connectivity index (χ2n) is 6.82. The van der Waals surface area contributed by atoms with Gasteiger partial charge in [0.2, 0.25) is 0 Å². The van der Waals surface area contributed by atoms with Crippen molar-refractivity contribution in [1.82, 2.24) is 4.90 Å². The fourth-order valence-corrected chi connectivity index (χ4v) is 4.49. The second-order valence-corrected chi connectivity index (χ2v) is 7.91. The Morgan fingerprint density at radius 2 is 1.54 bits per heavy atom. The van der Waals surface area contributed by atoms with Crippen molar-refractivity contribution in [2.24, 2.45) is 0 Å². The molecule has 1 saturated heterocycles. The maximum atomic E-state index is 13.1. The van der Waals surface area contributed by atoms with Gasteiger partial charge in [0.25, 0.3) is 5.91 Å². The topological polar surface area (TPSA) is 24.8 Å². The normalized spacial score (nSPS) is 15.3. The lowest BCUT2D eigenvalue weighted by atomic mass is 10.1. The fraction of sp³-hybridized carbons (Fsp3) is 0.227. The number of carbonyl (C=O) groups is 1. The van der Waals surface area contributed by atoms with Gasteiger partial charge < -0.3 is 9.80 Å². The first-order valence-corrected chi connectivity index (χ1v) is 9.89. The first-order chi connectivity index (χ1) is 12.7. The Bertz CT molecular complexity index is 927. The molecule has 1 fully saturated rings. The molecule has 26 heavy (non-hydrogen) atoms. The lowest BCUT2D eigenvalue weighted by Gasteiger charge is -2.30. The van der Waals surface area contributed by atoms with Gasteiger partial charge in [0, 0.05) is 9.79 Å². The highest BCUT2D eigenvalue weighted by Gasteiger charge is 2.24. The van der Waals surface area contributed by atoms with E-state index < -0.39 is 0 Å². The lowest BCUT2D eigenvalue weighted by molar-refractivity contribution is -0.883. The first-order valence-electron chi connectivity index (χ1n) is 9.07. The molecule has 1 amide bonds. The number of quaternary nitrogens is 1. The van der Waals surface area contributed by atoms with Gasteiger partial charge in [-0.1, -0.05) is 60.3 Å². The highest BCUT2D eigenvalue weighted by molar-refractivity contribution is 7.99. The van der Waals surface area contributed by atoms with Crippen molar-refractivity contribution >= 4 is 28.4 Å². The quantitative estimate of drug-likeness (QED) is 0.774. The number of hydrogen-bond acceptors (Lipinski definition) is 2. The molecule has 1 aliphatic heterocycles. The summed E-state index contributed by atoms with van der Waals surface area (Å²) in [4.78, 5) is 18.8. The van der Waals surface area contributed by atoms with Gasteiger partial charge in [-0.25, -0.2) is 0 Å². The van der Waals surface area contributed by atoms with E-state index in [0.717, 1.165) is 36.6 Å². The van der Waals surface area contributed by atoms with Gasteiger partial charge in [-0.15, -0.1) is 0 Å². The molecular weight excluding hydrogens is 340 g/mol. The predicted molar refractivity (Wildman–Crippen MR) is 107 cm³/mol. The number of nitrogens with one attached hydrogen (secondary N) is 1. The van der Waals surface area contributed by atoms with Gasteiger partial charge in [0.05, 0.1) is 38.8 Å². The molecule has 4 heteroatoms. The van der Waals surface area contributed by atoms with E-state index in [1.165, 1.54) is 20.6 Å². The third-order valence-corrected chi connectivity index (χ3v) is 6.14. The van der Waals surface area contributed by atoms with E-state index in [-0.39, 0.29) is 5.91 Å². The number of nitrogens with zero attached hydrogens (tertiary/aromatic N) is 1. The van der Waals surface area contributed by atoms with Gasteiger partial charge in [-0.3, -0.25) is 4.79 Å². The van der Waals surface area contributed by atoms with Gasteiger partial charge in [0.1, 0.15) is 0 Å². The Hall–Kier alpha value is -2.30. The number of amides is 1. The minimum absolute atomic E-state index is 0.154. The van der Waals surface area contributed by atoms with Crippen LogP contribution in [0.4, 0.5) is 0 Å². The van der Waals surface area contributed by atoms with Gasteiger partial charge in [-0.05, 0) is 29.0 Å². The Labute approximate surface area is 158 Å². The maximum absolute atomic E-state index is 13.1. The van der Waals surface area contributed by atoms with Crippen molar-refractivity contribution < 1.29 is 9.69 Å². The van der Waals surface area contributed by atoms with E-state index >= 15 is 0 Å². The Morgan fingerprint density at radius 3 is 2.38 bits per heavy atom. The fourth-order valence-electron chi connectivity index (χ4n) is 3.40. The average molecular weight is 364 g/mol. The standard InChI is InChI=1S/C22H22N2OS/c1-23-13-15-24(16-14-23)22(25)19-10-4-5-11-21(19)26-20-12-6-8-17-7-2-3-9-18(17)20/h2-12H,13-16H2,1H3/p+1. The molecule has 0 unspecified atom stereocenters. The van der Waals surface area contributed by atoms with Crippen LogP contribution in [0, 0.1) is 0 Å². The summed E-state index contributed by atoms with van der Waals surface area (Å²) in [7, 11) is 2.19. The monoisotopic (exact) mass is 363 g/mol. The highest BCUT2D eigenvalue weighted by Crippen LogP contribution is 2.35. The average Bonchev–Trinajstić information content (AvgIpc) is 2.69. The highest BCUT2D eigenvalue weighted by atomic mass is 32.2. The summed E-state index contributed by atoms with van der Waals surface area (Å²) in [5, 5.41) is 2.45. The molecule has 1 aliphatic rings. The van der Waals surface area contributed by atoms with Crippen molar-refractivity contribution in [2.45, 2.75) is 9.79 Å². The summed E-state index contributed by atoms with van der Waals surface area (Å²) < 4.78 is 0. The second kappa shape index (κ2) is 7.52.